The molecule has 27 heavy (non-hydrogen) atoms. The van der Waals surface area contributed by atoms with Crippen molar-refractivity contribution in [2.24, 2.45) is 41.4 Å². The summed E-state index contributed by atoms with van der Waals surface area (Å²) in [5.41, 5.74) is 0. The van der Waals surface area contributed by atoms with E-state index in [4.69, 9.17) is 0 Å². The van der Waals surface area contributed by atoms with Gasteiger partial charge in [-0.05, 0) is 100 Å². The number of hydrogen-bond donors (Lipinski definition) is 0. The summed E-state index contributed by atoms with van der Waals surface area (Å²) in [6.07, 6.45) is 25.3. The van der Waals surface area contributed by atoms with Crippen molar-refractivity contribution >= 4 is 0 Å². The van der Waals surface area contributed by atoms with Crippen LogP contribution in [0.1, 0.15) is 116 Å². The molecule has 0 aromatic carbocycles. The molecule has 4 fully saturated rings. The molecule has 0 atom stereocenters. The van der Waals surface area contributed by atoms with Gasteiger partial charge >= 0.3 is 0 Å². The van der Waals surface area contributed by atoms with Crippen LogP contribution in [0.4, 0.5) is 0 Å². The molecule has 0 nitrogen and oxygen atoms in total. The van der Waals surface area contributed by atoms with E-state index in [1.807, 2.05) is 0 Å². The van der Waals surface area contributed by atoms with E-state index in [2.05, 4.69) is 18.8 Å². The van der Waals surface area contributed by atoms with Crippen molar-refractivity contribution in [3.8, 4) is 11.8 Å². The van der Waals surface area contributed by atoms with Gasteiger partial charge in [-0.25, -0.2) is 0 Å². The first-order valence-corrected chi connectivity index (χ1v) is 12.8. The van der Waals surface area contributed by atoms with Crippen LogP contribution in [0.2, 0.25) is 0 Å². The monoisotopic (exact) mass is 368 g/mol. The van der Waals surface area contributed by atoms with E-state index in [0.717, 1.165) is 41.4 Å². The van der Waals surface area contributed by atoms with E-state index in [0.29, 0.717) is 0 Å². The summed E-state index contributed by atoms with van der Waals surface area (Å²) in [4.78, 5) is 0. The molecule has 0 heteroatoms. The van der Waals surface area contributed by atoms with E-state index in [-0.39, 0.29) is 0 Å². The molecule has 4 aliphatic rings. The summed E-state index contributed by atoms with van der Waals surface area (Å²) in [6, 6.07) is 0. The Morgan fingerprint density at radius 1 is 0.519 bits per heavy atom. The van der Waals surface area contributed by atoms with Crippen molar-refractivity contribution in [1.82, 2.24) is 0 Å². The maximum Gasteiger partial charge on any atom is 0.0203 e. The van der Waals surface area contributed by atoms with Gasteiger partial charge in [0.25, 0.3) is 0 Å². The van der Waals surface area contributed by atoms with E-state index in [1.165, 1.54) is 64.2 Å². The first-order valence-electron chi connectivity index (χ1n) is 12.8. The molecule has 0 saturated heterocycles. The van der Waals surface area contributed by atoms with Crippen LogP contribution in [-0.4, -0.2) is 0 Å². The maximum atomic E-state index is 3.73. The maximum absolute atomic E-state index is 3.73. The second-order valence-electron chi connectivity index (χ2n) is 11.0. The largest absolute Gasteiger partial charge is 0.0996 e. The Labute approximate surface area is 169 Å². The predicted octanol–water partition coefficient (Wildman–Crippen LogP) is 8.01. The van der Waals surface area contributed by atoms with Crippen molar-refractivity contribution in [3.05, 3.63) is 0 Å². The van der Waals surface area contributed by atoms with Crippen LogP contribution >= 0.6 is 0 Å². The van der Waals surface area contributed by atoms with Gasteiger partial charge < -0.3 is 0 Å². The molecule has 0 radical (unpaired) electrons. The van der Waals surface area contributed by atoms with Gasteiger partial charge in [-0.2, -0.15) is 0 Å². The highest BCUT2D eigenvalue weighted by molar-refractivity contribution is 5.09. The fourth-order valence-electron chi connectivity index (χ4n) is 6.99. The molecule has 0 aromatic rings. The Morgan fingerprint density at radius 3 is 1.52 bits per heavy atom. The summed E-state index contributed by atoms with van der Waals surface area (Å²) < 4.78 is 0. The minimum Gasteiger partial charge on any atom is -0.0996 e. The SMILES string of the molecule is CC1CCC(C#CC2CCC(C3CCC(CC4CCCC4)CC3)CC2)CC1. The Kier molecular flexibility index (Phi) is 7.25. The minimum atomic E-state index is 0.731. The summed E-state index contributed by atoms with van der Waals surface area (Å²) in [7, 11) is 0. The summed E-state index contributed by atoms with van der Waals surface area (Å²) in [6.45, 7) is 2.41. The average Bonchev–Trinajstić information content (AvgIpc) is 3.22. The molecule has 4 aliphatic carbocycles. The highest BCUT2D eigenvalue weighted by Gasteiger charge is 2.31. The van der Waals surface area contributed by atoms with Crippen LogP contribution in [0, 0.1) is 53.3 Å². The average molecular weight is 369 g/mol. The summed E-state index contributed by atoms with van der Waals surface area (Å²) in [5.74, 6) is 14.1. The first kappa shape index (κ1) is 19.9. The van der Waals surface area contributed by atoms with Crippen molar-refractivity contribution in [3.63, 3.8) is 0 Å². The predicted molar refractivity (Wildman–Crippen MR) is 116 cm³/mol. The zero-order chi connectivity index (χ0) is 18.5. The lowest BCUT2D eigenvalue weighted by Gasteiger charge is -2.37. The molecule has 0 bridgehead atoms. The van der Waals surface area contributed by atoms with Crippen LogP contribution in [0.3, 0.4) is 0 Å². The van der Waals surface area contributed by atoms with Gasteiger partial charge in [0.1, 0.15) is 0 Å². The topological polar surface area (TPSA) is 0 Å². The van der Waals surface area contributed by atoms with E-state index in [9.17, 15) is 0 Å². The van der Waals surface area contributed by atoms with Gasteiger partial charge in [-0.15, -0.1) is 0 Å². The zero-order valence-electron chi connectivity index (χ0n) is 18.1. The lowest BCUT2D eigenvalue weighted by atomic mass is 9.68. The Hall–Kier alpha value is -0.440. The molecule has 0 spiro atoms. The Balaban J connectivity index is 1.15. The molecule has 0 heterocycles. The van der Waals surface area contributed by atoms with Crippen LogP contribution in [-0.2, 0) is 0 Å². The molecule has 4 rings (SSSR count). The minimum absolute atomic E-state index is 0.731. The highest BCUT2D eigenvalue weighted by atomic mass is 14.4. The van der Waals surface area contributed by atoms with Crippen LogP contribution in [0.5, 0.6) is 0 Å². The molecule has 0 aromatic heterocycles. The standard InChI is InChI=1S/C27H44/c1-21-6-8-22(9-7-21)10-11-23-12-16-26(17-13-23)27-18-14-25(15-19-27)20-24-4-2-3-5-24/h21-27H,2-9,12-20H2,1H3. The molecule has 0 amide bonds. The van der Waals surface area contributed by atoms with Gasteiger partial charge in [-0.1, -0.05) is 57.3 Å². The summed E-state index contributed by atoms with van der Waals surface area (Å²) >= 11 is 0. The summed E-state index contributed by atoms with van der Waals surface area (Å²) in [5, 5.41) is 0. The highest BCUT2D eigenvalue weighted by Crippen LogP contribution is 2.43. The van der Waals surface area contributed by atoms with E-state index < -0.39 is 0 Å². The van der Waals surface area contributed by atoms with Gasteiger partial charge in [-0.3, -0.25) is 0 Å². The van der Waals surface area contributed by atoms with Crippen LogP contribution in [0.15, 0.2) is 0 Å². The Morgan fingerprint density at radius 2 is 0.963 bits per heavy atom. The molecule has 152 valence electrons. The zero-order valence-corrected chi connectivity index (χ0v) is 18.1. The van der Waals surface area contributed by atoms with Crippen molar-refractivity contribution in [1.29, 1.82) is 0 Å². The fraction of sp³-hybridized carbons (Fsp3) is 0.926. The molecular weight excluding hydrogens is 324 g/mol. The third kappa shape index (κ3) is 5.78. The van der Waals surface area contributed by atoms with Gasteiger partial charge in [0.05, 0.1) is 0 Å². The first-order chi connectivity index (χ1) is 13.3. The molecule has 0 N–H and O–H groups in total. The second kappa shape index (κ2) is 9.85. The van der Waals surface area contributed by atoms with Crippen molar-refractivity contribution < 1.29 is 0 Å². The van der Waals surface area contributed by atoms with E-state index >= 15 is 0 Å². The normalized spacial score (nSPS) is 41.1. The van der Waals surface area contributed by atoms with Gasteiger partial charge in [0.15, 0.2) is 0 Å². The lowest BCUT2D eigenvalue weighted by molar-refractivity contribution is 0.147. The van der Waals surface area contributed by atoms with Crippen molar-refractivity contribution in [2.75, 3.05) is 0 Å². The third-order valence-electron chi connectivity index (χ3n) is 8.98. The van der Waals surface area contributed by atoms with E-state index in [1.54, 1.807) is 44.9 Å². The third-order valence-corrected chi connectivity index (χ3v) is 8.98. The fourth-order valence-corrected chi connectivity index (χ4v) is 6.99. The molecular formula is C27H44. The van der Waals surface area contributed by atoms with Crippen LogP contribution < -0.4 is 0 Å². The molecule has 4 saturated carbocycles. The number of rotatable bonds is 3. The quantitative estimate of drug-likeness (QED) is 0.442. The lowest BCUT2D eigenvalue weighted by Crippen LogP contribution is -2.26. The number of hydrogen-bond acceptors (Lipinski definition) is 0. The molecule has 0 aliphatic heterocycles. The second-order valence-corrected chi connectivity index (χ2v) is 11.0. The van der Waals surface area contributed by atoms with Crippen molar-refractivity contribution in [2.45, 2.75) is 116 Å². The smallest absolute Gasteiger partial charge is 0.0203 e. The molecule has 0 unspecified atom stereocenters. The van der Waals surface area contributed by atoms with Gasteiger partial charge in [0, 0.05) is 11.8 Å². The van der Waals surface area contributed by atoms with Crippen LogP contribution in [0.25, 0.3) is 0 Å². The van der Waals surface area contributed by atoms with Gasteiger partial charge in [0.2, 0.25) is 0 Å². The Bertz CT molecular complexity index is 478.